The quantitative estimate of drug-likeness (QED) is 0.394. The van der Waals surface area contributed by atoms with Crippen LogP contribution in [0.1, 0.15) is 76.8 Å². The molecule has 166 valence electrons. The zero-order valence-electron chi connectivity index (χ0n) is 18.7. The van der Waals surface area contributed by atoms with Crippen LogP contribution in [-0.2, 0) is 11.3 Å². The Kier molecular flexibility index (Phi) is 7.40. The molecular weight excluding hydrogens is 378 g/mol. The molecule has 0 heterocycles. The molecular formula is C24H37N3O3. The van der Waals surface area contributed by atoms with Crippen molar-refractivity contribution in [2.45, 2.75) is 83.9 Å². The maximum atomic E-state index is 12.7. The first-order valence-corrected chi connectivity index (χ1v) is 11.3. The highest BCUT2D eigenvalue weighted by Crippen LogP contribution is 2.33. The van der Waals surface area contributed by atoms with Crippen LogP contribution in [0.5, 0.6) is 0 Å². The van der Waals surface area contributed by atoms with Crippen LogP contribution in [0.2, 0.25) is 0 Å². The lowest BCUT2D eigenvalue weighted by molar-refractivity contribution is 0.0216. The molecule has 1 aromatic rings. The number of ether oxygens (including phenoxy) is 1. The Labute approximate surface area is 180 Å². The molecule has 2 aliphatic rings. The second kappa shape index (κ2) is 9.82. The van der Waals surface area contributed by atoms with Crippen molar-refractivity contribution >= 4 is 17.5 Å². The molecule has 0 aliphatic heterocycles. The minimum atomic E-state index is -0.512. The first-order valence-electron chi connectivity index (χ1n) is 11.3. The number of amides is 1. The minimum absolute atomic E-state index is 0.135. The van der Waals surface area contributed by atoms with Gasteiger partial charge in [0.05, 0.1) is 0 Å². The lowest BCUT2D eigenvalue weighted by atomic mass is 9.93. The van der Waals surface area contributed by atoms with Gasteiger partial charge < -0.3 is 25.5 Å². The molecule has 3 N–H and O–H groups in total. The summed E-state index contributed by atoms with van der Waals surface area (Å²) in [6.45, 7) is 6.97. The van der Waals surface area contributed by atoms with Crippen molar-refractivity contribution in [3.8, 4) is 0 Å². The minimum Gasteiger partial charge on any atom is -0.444 e. The highest BCUT2D eigenvalue weighted by atomic mass is 16.6. The topological polar surface area (TPSA) is 85.7 Å². The summed E-state index contributed by atoms with van der Waals surface area (Å²) < 4.78 is 5.62. The van der Waals surface area contributed by atoms with E-state index in [0.29, 0.717) is 31.1 Å². The van der Waals surface area contributed by atoms with Gasteiger partial charge >= 0.3 is 6.09 Å². The second-order valence-corrected chi connectivity index (χ2v) is 9.62. The molecule has 0 atom stereocenters. The largest absolute Gasteiger partial charge is 0.444 e. The molecule has 0 spiro atoms. The number of nitrogens with zero attached hydrogens (tertiary/aromatic N) is 1. The smallest absolute Gasteiger partial charge is 0.410 e. The van der Waals surface area contributed by atoms with Crippen LogP contribution in [0.3, 0.4) is 0 Å². The van der Waals surface area contributed by atoms with Gasteiger partial charge in [-0.25, -0.2) is 4.79 Å². The van der Waals surface area contributed by atoms with Gasteiger partial charge in [0.15, 0.2) is 0 Å². The highest BCUT2D eigenvalue weighted by molar-refractivity contribution is 6.04. The first-order chi connectivity index (χ1) is 14.3. The van der Waals surface area contributed by atoms with Gasteiger partial charge in [0.25, 0.3) is 0 Å². The van der Waals surface area contributed by atoms with Gasteiger partial charge in [-0.1, -0.05) is 25.0 Å². The molecule has 0 radical (unpaired) electrons. The number of aliphatic hydroxyl groups excluding tert-OH is 1. The number of hydrogen-bond donors (Lipinski definition) is 3. The molecule has 0 unspecified atom stereocenters. The molecule has 0 saturated heterocycles. The van der Waals surface area contributed by atoms with Crippen molar-refractivity contribution in [3.63, 3.8) is 0 Å². The number of anilines is 1. The van der Waals surface area contributed by atoms with E-state index in [-0.39, 0.29) is 18.7 Å². The third-order valence-electron chi connectivity index (χ3n) is 5.76. The van der Waals surface area contributed by atoms with E-state index in [1.807, 2.05) is 37.8 Å². The maximum absolute atomic E-state index is 12.7. The fourth-order valence-corrected chi connectivity index (χ4v) is 4.05. The Balaban J connectivity index is 1.78. The maximum Gasteiger partial charge on any atom is 0.410 e. The molecule has 2 fully saturated rings. The summed E-state index contributed by atoms with van der Waals surface area (Å²) >= 11 is 0. The molecule has 1 aromatic carbocycles. The molecule has 6 heteroatoms. The summed E-state index contributed by atoms with van der Waals surface area (Å²) in [7, 11) is 0. The molecule has 0 aromatic heterocycles. The zero-order valence-corrected chi connectivity index (χ0v) is 18.7. The predicted molar refractivity (Wildman–Crippen MR) is 120 cm³/mol. The van der Waals surface area contributed by atoms with E-state index in [4.69, 9.17) is 15.3 Å². The van der Waals surface area contributed by atoms with Crippen LogP contribution in [-0.4, -0.2) is 46.6 Å². The number of rotatable bonds is 9. The molecule has 30 heavy (non-hydrogen) atoms. The number of nitrogens with one attached hydrogen (secondary N) is 2. The zero-order chi connectivity index (χ0) is 21.7. The van der Waals surface area contributed by atoms with E-state index in [1.54, 1.807) is 0 Å². The van der Waals surface area contributed by atoms with E-state index in [1.165, 1.54) is 12.8 Å². The van der Waals surface area contributed by atoms with Crippen LogP contribution >= 0.6 is 0 Å². The van der Waals surface area contributed by atoms with Gasteiger partial charge in [-0.05, 0) is 64.5 Å². The average Bonchev–Trinajstić information content (AvgIpc) is 3.37. The Bertz CT molecular complexity index is 747. The Morgan fingerprint density at radius 2 is 1.93 bits per heavy atom. The second-order valence-electron chi connectivity index (χ2n) is 9.62. The van der Waals surface area contributed by atoms with Crippen LogP contribution in [0.4, 0.5) is 10.5 Å². The number of carbonyl (C=O) groups excluding carboxylic acids is 1. The highest BCUT2D eigenvalue weighted by Gasteiger charge is 2.35. The fraction of sp³-hybridized carbons (Fsp3) is 0.667. The van der Waals surface area contributed by atoms with Crippen LogP contribution in [0.15, 0.2) is 18.2 Å². The molecule has 0 bridgehead atoms. The van der Waals surface area contributed by atoms with Gasteiger partial charge in [-0.3, -0.25) is 0 Å². The first kappa shape index (κ1) is 22.6. The van der Waals surface area contributed by atoms with Crippen LogP contribution in [0.25, 0.3) is 0 Å². The fourth-order valence-electron chi connectivity index (χ4n) is 4.05. The third-order valence-corrected chi connectivity index (χ3v) is 5.76. The van der Waals surface area contributed by atoms with Gasteiger partial charge in [-0.15, -0.1) is 0 Å². The van der Waals surface area contributed by atoms with E-state index < -0.39 is 5.60 Å². The van der Waals surface area contributed by atoms with Crippen molar-refractivity contribution in [2.75, 3.05) is 18.5 Å². The number of aliphatic hydroxyl groups is 1. The number of benzene rings is 1. The van der Waals surface area contributed by atoms with E-state index in [2.05, 4.69) is 11.4 Å². The summed E-state index contributed by atoms with van der Waals surface area (Å²) in [5, 5.41) is 21.3. The summed E-state index contributed by atoms with van der Waals surface area (Å²) in [5.74, 6) is 0.332. The van der Waals surface area contributed by atoms with Crippen molar-refractivity contribution in [3.05, 3.63) is 29.3 Å². The summed E-state index contributed by atoms with van der Waals surface area (Å²) in [4.78, 5) is 14.5. The van der Waals surface area contributed by atoms with Crippen LogP contribution < -0.4 is 5.32 Å². The monoisotopic (exact) mass is 415 g/mol. The third kappa shape index (κ3) is 6.21. The number of hydrogen-bond acceptors (Lipinski definition) is 5. The number of carbonyl (C=O) groups is 1. The summed E-state index contributed by atoms with van der Waals surface area (Å²) in [6, 6.07) is 6.38. The van der Waals surface area contributed by atoms with Crippen molar-refractivity contribution < 1.29 is 14.6 Å². The average molecular weight is 416 g/mol. The van der Waals surface area contributed by atoms with E-state index >= 15 is 0 Å². The molecule has 2 saturated carbocycles. The molecule has 3 rings (SSSR count). The van der Waals surface area contributed by atoms with Crippen LogP contribution in [0, 0.1) is 11.3 Å². The molecule has 1 amide bonds. The molecule has 6 nitrogen and oxygen atoms in total. The van der Waals surface area contributed by atoms with E-state index in [0.717, 1.165) is 42.5 Å². The van der Waals surface area contributed by atoms with Gasteiger partial charge in [0.1, 0.15) is 5.60 Å². The van der Waals surface area contributed by atoms with Crippen molar-refractivity contribution in [1.82, 2.24) is 4.90 Å². The Morgan fingerprint density at radius 1 is 1.23 bits per heavy atom. The van der Waals surface area contributed by atoms with Gasteiger partial charge in [0, 0.05) is 48.6 Å². The summed E-state index contributed by atoms with van der Waals surface area (Å²) in [6.07, 6.45) is 7.01. The SMILES string of the molecule is CC(C)(C)OC(=O)N(Cc1ccc(C(=N)C2CCCC2)c(NCCCO)c1)C1CC1. The lowest BCUT2D eigenvalue weighted by Gasteiger charge is -2.28. The van der Waals surface area contributed by atoms with Crippen molar-refractivity contribution in [1.29, 1.82) is 5.41 Å². The normalized spacial score (nSPS) is 17.1. The Hall–Kier alpha value is -2.08. The van der Waals surface area contributed by atoms with Gasteiger partial charge in [-0.2, -0.15) is 0 Å². The van der Waals surface area contributed by atoms with Crippen molar-refractivity contribution in [2.24, 2.45) is 5.92 Å². The standard InChI is InChI=1S/C24H37N3O3/c1-24(2,3)30-23(29)27(19-10-11-19)16-17-9-12-20(21(15-17)26-13-6-14-28)22(25)18-7-4-5-8-18/h9,12,15,18-19,25-26,28H,4-8,10-11,13-14,16H2,1-3H3. The molecule has 2 aliphatic carbocycles. The predicted octanol–water partition coefficient (Wildman–Crippen LogP) is 4.94. The van der Waals surface area contributed by atoms with E-state index in [9.17, 15) is 4.79 Å². The summed E-state index contributed by atoms with van der Waals surface area (Å²) in [5.41, 5.74) is 3.09. The van der Waals surface area contributed by atoms with Gasteiger partial charge in [0.2, 0.25) is 0 Å². The Morgan fingerprint density at radius 3 is 2.53 bits per heavy atom. The lowest BCUT2D eigenvalue weighted by Crippen LogP contribution is -2.37.